The van der Waals surface area contributed by atoms with Crippen LogP contribution in [0.5, 0.6) is 11.5 Å². The second kappa shape index (κ2) is 9.32. The van der Waals surface area contributed by atoms with E-state index in [1.165, 1.54) is 0 Å². The van der Waals surface area contributed by atoms with Crippen LogP contribution in [-0.4, -0.2) is 55.4 Å². The van der Waals surface area contributed by atoms with Crippen LogP contribution in [0.3, 0.4) is 0 Å². The Bertz CT molecular complexity index is 998. The van der Waals surface area contributed by atoms with Gasteiger partial charge in [0.25, 0.3) is 0 Å². The third-order valence-electron chi connectivity index (χ3n) is 5.04. The fraction of sp³-hybridized carbons (Fsp3) is 0.273. The molecule has 2 heterocycles. The maximum Gasteiger partial charge on any atom is 0.185 e. The van der Waals surface area contributed by atoms with Crippen LogP contribution in [0.15, 0.2) is 53.9 Å². The molecule has 0 bridgehead atoms. The Hall–Kier alpha value is -2.84. The van der Waals surface area contributed by atoms with E-state index >= 15 is 0 Å². The summed E-state index contributed by atoms with van der Waals surface area (Å²) in [6.07, 6.45) is 0. The van der Waals surface area contributed by atoms with Gasteiger partial charge in [0.1, 0.15) is 11.5 Å². The van der Waals surface area contributed by atoms with Crippen LogP contribution in [0, 0.1) is 0 Å². The third kappa shape index (κ3) is 4.66. The molecule has 6 nitrogen and oxygen atoms in total. The van der Waals surface area contributed by atoms with Crippen molar-refractivity contribution in [3.8, 4) is 22.8 Å². The lowest BCUT2D eigenvalue weighted by atomic mass is 10.2. The standard InChI is InChI=1S/C22H24N4O2S2/c1-27-18-8-6-17(7-9-18)23-21(29)25-10-12-26(13-11-25)22-24-20(15-30-22)16-4-3-5-19(14-16)28-2/h3-9,14-15H,10-13H2,1-2H3,(H,23,29). The highest BCUT2D eigenvalue weighted by Crippen LogP contribution is 2.30. The van der Waals surface area contributed by atoms with Crippen molar-refractivity contribution in [1.82, 2.24) is 9.88 Å². The molecule has 0 atom stereocenters. The smallest absolute Gasteiger partial charge is 0.185 e. The van der Waals surface area contributed by atoms with E-state index < -0.39 is 0 Å². The van der Waals surface area contributed by atoms with Crippen LogP contribution >= 0.6 is 23.6 Å². The molecule has 1 aromatic heterocycles. The third-order valence-corrected chi connectivity index (χ3v) is 6.30. The van der Waals surface area contributed by atoms with Gasteiger partial charge in [-0.05, 0) is 48.6 Å². The van der Waals surface area contributed by atoms with Gasteiger partial charge >= 0.3 is 0 Å². The second-order valence-corrected chi connectivity index (χ2v) is 8.10. The van der Waals surface area contributed by atoms with Gasteiger partial charge in [-0.3, -0.25) is 0 Å². The molecule has 0 amide bonds. The first kappa shape index (κ1) is 20.4. The van der Waals surface area contributed by atoms with E-state index in [0.717, 1.165) is 64.9 Å². The summed E-state index contributed by atoms with van der Waals surface area (Å²) in [5.74, 6) is 1.67. The number of nitrogens with zero attached hydrogens (tertiary/aromatic N) is 3. The Morgan fingerprint density at radius 3 is 2.43 bits per heavy atom. The van der Waals surface area contributed by atoms with E-state index in [-0.39, 0.29) is 0 Å². The van der Waals surface area contributed by atoms with Gasteiger partial charge in [0.2, 0.25) is 0 Å². The Labute approximate surface area is 186 Å². The number of piperazine rings is 1. The molecule has 0 saturated carbocycles. The fourth-order valence-corrected chi connectivity index (χ4v) is 4.49. The number of ether oxygens (including phenoxy) is 2. The minimum atomic E-state index is 0.746. The number of hydrogen-bond donors (Lipinski definition) is 1. The summed E-state index contributed by atoms with van der Waals surface area (Å²) in [5.41, 5.74) is 3.01. The summed E-state index contributed by atoms with van der Waals surface area (Å²) in [4.78, 5) is 9.36. The molecule has 2 aromatic carbocycles. The van der Waals surface area contributed by atoms with Crippen molar-refractivity contribution in [3.05, 3.63) is 53.9 Å². The minimum Gasteiger partial charge on any atom is -0.497 e. The lowest BCUT2D eigenvalue weighted by Gasteiger charge is -2.36. The van der Waals surface area contributed by atoms with Crippen molar-refractivity contribution in [3.63, 3.8) is 0 Å². The van der Waals surface area contributed by atoms with Gasteiger partial charge in [0.05, 0.1) is 19.9 Å². The van der Waals surface area contributed by atoms with Gasteiger partial charge in [-0.2, -0.15) is 0 Å². The highest BCUT2D eigenvalue weighted by Gasteiger charge is 2.21. The van der Waals surface area contributed by atoms with Gasteiger partial charge in [-0.1, -0.05) is 12.1 Å². The Morgan fingerprint density at radius 1 is 1.00 bits per heavy atom. The second-order valence-electron chi connectivity index (χ2n) is 6.88. The van der Waals surface area contributed by atoms with E-state index in [1.807, 2.05) is 42.5 Å². The van der Waals surface area contributed by atoms with Crippen molar-refractivity contribution in [2.75, 3.05) is 50.6 Å². The zero-order valence-electron chi connectivity index (χ0n) is 17.0. The highest BCUT2D eigenvalue weighted by molar-refractivity contribution is 7.80. The van der Waals surface area contributed by atoms with Crippen LogP contribution in [0.4, 0.5) is 10.8 Å². The predicted molar refractivity (Wildman–Crippen MR) is 127 cm³/mol. The molecule has 0 unspecified atom stereocenters. The number of thiocarbonyl (C=S) groups is 1. The molecule has 1 aliphatic heterocycles. The molecule has 1 aliphatic rings. The number of thiazole rings is 1. The highest BCUT2D eigenvalue weighted by atomic mass is 32.1. The minimum absolute atomic E-state index is 0.746. The largest absolute Gasteiger partial charge is 0.497 e. The zero-order chi connectivity index (χ0) is 20.9. The molecule has 0 radical (unpaired) electrons. The fourth-order valence-electron chi connectivity index (χ4n) is 3.30. The summed E-state index contributed by atoms with van der Waals surface area (Å²) < 4.78 is 10.5. The molecule has 0 spiro atoms. The van der Waals surface area contributed by atoms with Crippen LogP contribution in [0.1, 0.15) is 0 Å². The van der Waals surface area contributed by atoms with Crippen molar-refractivity contribution in [2.45, 2.75) is 0 Å². The van der Waals surface area contributed by atoms with Crippen molar-refractivity contribution < 1.29 is 9.47 Å². The molecule has 30 heavy (non-hydrogen) atoms. The van der Waals surface area contributed by atoms with E-state index in [2.05, 4.69) is 26.6 Å². The summed E-state index contributed by atoms with van der Waals surface area (Å²) in [5, 5.41) is 7.21. The first-order valence-corrected chi connectivity index (χ1v) is 11.0. The molecule has 1 saturated heterocycles. The SMILES string of the molecule is COc1ccc(NC(=S)N2CCN(c3nc(-c4cccc(OC)c4)cs3)CC2)cc1. The molecule has 1 N–H and O–H groups in total. The number of anilines is 2. The summed E-state index contributed by atoms with van der Waals surface area (Å²) in [6.45, 7) is 3.48. The number of nitrogens with one attached hydrogen (secondary N) is 1. The molecule has 1 fully saturated rings. The van der Waals surface area contributed by atoms with Crippen LogP contribution in [-0.2, 0) is 0 Å². The average Bonchev–Trinajstić information content (AvgIpc) is 3.30. The maximum absolute atomic E-state index is 5.60. The molecule has 8 heteroatoms. The molecular weight excluding hydrogens is 416 g/mol. The van der Waals surface area contributed by atoms with Crippen molar-refractivity contribution in [1.29, 1.82) is 0 Å². The van der Waals surface area contributed by atoms with E-state index in [1.54, 1.807) is 25.6 Å². The number of hydrogen-bond acceptors (Lipinski definition) is 6. The predicted octanol–water partition coefficient (Wildman–Crippen LogP) is 4.35. The lowest BCUT2D eigenvalue weighted by molar-refractivity contribution is 0.390. The monoisotopic (exact) mass is 440 g/mol. The Morgan fingerprint density at radius 2 is 1.73 bits per heavy atom. The van der Waals surface area contributed by atoms with Crippen molar-refractivity contribution >= 4 is 39.5 Å². The number of aromatic nitrogens is 1. The number of methoxy groups -OCH3 is 2. The molecular formula is C22H24N4O2S2. The number of rotatable bonds is 5. The quantitative estimate of drug-likeness (QED) is 0.592. The van der Waals surface area contributed by atoms with E-state index in [0.29, 0.717) is 0 Å². The van der Waals surface area contributed by atoms with E-state index in [4.69, 9.17) is 26.7 Å². The summed E-state index contributed by atoms with van der Waals surface area (Å²) in [6, 6.07) is 15.8. The molecule has 156 valence electrons. The normalized spacial score (nSPS) is 13.8. The molecule has 4 rings (SSSR count). The summed E-state index contributed by atoms with van der Waals surface area (Å²) in [7, 11) is 3.34. The first-order valence-electron chi connectivity index (χ1n) is 9.71. The van der Waals surface area contributed by atoms with Gasteiger partial charge < -0.3 is 24.6 Å². The lowest BCUT2D eigenvalue weighted by Crippen LogP contribution is -2.50. The topological polar surface area (TPSA) is 49.9 Å². The van der Waals surface area contributed by atoms with Crippen molar-refractivity contribution in [2.24, 2.45) is 0 Å². The molecule has 3 aromatic rings. The van der Waals surface area contributed by atoms with Crippen LogP contribution < -0.4 is 19.7 Å². The van der Waals surface area contributed by atoms with E-state index in [9.17, 15) is 0 Å². The van der Waals surface area contributed by atoms with Crippen LogP contribution in [0.2, 0.25) is 0 Å². The zero-order valence-corrected chi connectivity index (χ0v) is 18.6. The first-order chi connectivity index (χ1) is 14.7. The summed E-state index contributed by atoms with van der Waals surface area (Å²) >= 11 is 7.28. The molecule has 0 aliphatic carbocycles. The van der Waals surface area contributed by atoms with Crippen LogP contribution in [0.25, 0.3) is 11.3 Å². The number of benzene rings is 2. The Kier molecular flexibility index (Phi) is 6.35. The van der Waals surface area contributed by atoms with Gasteiger partial charge in [-0.15, -0.1) is 11.3 Å². The maximum atomic E-state index is 5.60. The van der Waals surface area contributed by atoms with Gasteiger partial charge in [-0.25, -0.2) is 4.98 Å². The average molecular weight is 441 g/mol. The Balaban J connectivity index is 1.34. The van der Waals surface area contributed by atoms with Gasteiger partial charge in [0, 0.05) is 42.8 Å². The van der Waals surface area contributed by atoms with Gasteiger partial charge in [0.15, 0.2) is 10.2 Å².